The second kappa shape index (κ2) is 7.91. The lowest BCUT2D eigenvalue weighted by atomic mass is 9.84. The van der Waals surface area contributed by atoms with Crippen LogP contribution in [0.4, 0.5) is 0 Å². The van der Waals surface area contributed by atoms with Gasteiger partial charge in [0.25, 0.3) is 0 Å². The quantitative estimate of drug-likeness (QED) is 0.859. The molecule has 1 aliphatic carbocycles. The van der Waals surface area contributed by atoms with Gasteiger partial charge in [-0.2, -0.15) is 5.26 Å². The van der Waals surface area contributed by atoms with Crippen molar-refractivity contribution >= 4 is 0 Å². The van der Waals surface area contributed by atoms with Crippen LogP contribution in [0.5, 0.6) is 5.75 Å². The van der Waals surface area contributed by atoms with Gasteiger partial charge in [-0.15, -0.1) is 0 Å². The van der Waals surface area contributed by atoms with E-state index in [1.54, 1.807) is 0 Å². The van der Waals surface area contributed by atoms with Crippen LogP contribution in [0.15, 0.2) is 24.3 Å². The zero-order valence-electron chi connectivity index (χ0n) is 12.3. The minimum absolute atomic E-state index is 0.106. The average molecular weight is 272 g/mol. The van der Waals surface area contributed by atoms with Gasteiger partial charge in [-0.3, -0.25) is 0 Å². The monoisotopic (exact) mass is 272 g/mol. The molecule has 0 aromatic heterocycles. The minimum atomic E-state index is 0.106. The lowest BCUT2D eigenvalue weighted by Gasteiger charge is -2.28. The molecular weight excluding hydrogens is 248 g/mol. The first-order valence-electron chi connectivity index (χ1n) is 7.62. The molecule has 1 aliphatic rings. The van der Waals surface area contributed by atoms with E-state index in [1.165, 1.54) is 32.1 Å². The molecule has 1 unspecified atom stereocenters. The molecule has 0 radical (unpaired) electrons. The molecule has 0 bridgehead atoms. The van der Waals surface area contributed by atoms with Gasteiger partial charge < -0.3 is 10.1 Å². The first-order valence-corrected chi connectivity index (χ1v) is 7.62. The highest BCUT2D eigenvalue weighted by molar-refractivity contribution is 5.33. The number of ether oxygens (including phenoxy) is 1. The molecule has 0 heterocycles. The van der Waals surface area contributed by atoms with E-state index in [2.05, 4.69) is 18.3 Å². The Morgan fingerprint density at radius 3 is 2.80 bits per heavy atom. The predicted octanol–water partition coefficient (Wildman–Crippen LogP) is 3.65. The first kappa shape index (κ1) is 14.9. The van der Waals surface area contributed by atoms with Crippen LogP contribution in [0, 0.1) is 17.2 Å². The Hall–Kier alpha value is -1.53. The van der Waals surface area contributed by atoms with E-state index in [4.69, 9.17) is 10.00 Å². The topological polar surface area (TPSA) is 45.0 Å². The Morgan fingerprint density at radius 1 is 1.30 bits per heavy atom. The van der Waals surface area contributed by atoms with Crippen LogP contribution >= 0.6 is 0 Å². The van der Waals surface area contributed by atoms with Gasteiger partial charge >= 0.3 is 0 Å². The van der Waals surface area contributed by atoms with Crippen LogP contribution in [-0.2, 0) is 6.54 Å². The smallest absolute Gasteiger partial charge is 0.174 e. The largest absolute Gasteiger partial charge is 0.478 e. The molecule has 3 heteroatoms. The van der Waals surface area contributed by atoms with Crippen molar-refractivity contribution in [2.75, 3.05) is 6.61 Å². The maximum Gasteiger partial charge on any atom is 0.174 e. The minimum Gasteiger partial charge on any atom is -0.478 e. The third-order valence-electron chi connectivity index (χ3n) is 4.24. The molecule has 20 heavy (non-hydrogen) atoms. The Morgan fingerprint density at radius 2 is 2.05 bits per heavy atom. The first-order chi connectivity index (χ1) is 9.81. The van der Waals surface area contributed by atoms with E-state index >= 15 is 0 Å². The van der Waals surface area contributed by atoms with Gasteiger partial charge in [0.1, 0.15) is 11.8 Å². The average Bonchev–Trinajstić information content (AvgIpc) is 2.52. The molecule has 2 rings (SSSR count). The van der Waals surface area contributed by atoms with E-state index in [-0.39, 0.29) is 6.61 Å². The van der Waals surface area contributed by atoms with E-state index in [9.17, 15) is 0 Å². The lowest BCUT2D eigenvalue weighted by molar-refractivity contribution is 0.279. The summed E-state index contributed by atoms with van der Waals surface area (Å²) in [4.78, 5) is 0. The van der Waals surface area contributed by atoms with Crippen LogP contribution in [0.3, 0.4) is 0 Å². The molecule has 3 nitrogen and oxygen atoms in total. The van der Waals surface area contributed by atoms with Crippen LogP contribution < -0.4 is 10.1 Å². The van der Waals surface area contributed by atoms with Crippen LogP contribution in [0.25, 0.3) is 0 Å². The maximum absolute atomic E-state index is 8.62. The summed E-state index contributed by atoms with van der Waals surface area (Å²) in [5.74, 6) is 1.62. The zero-order valence-corrected chi connectivity index (χ0v) is 12.3. The molecule has 0 spiro atoms. The Bertz CT molecular complexity index is 447. The van der Waals surface area contributed by atoms with Gasteiger partial charge in [0.2, 0.25) is 0 Å². The number of para-hydroxylation sites is 1. The van der Waals surface area contributed by atoms with Gasteiger partial charge in [-0.25, -0.2) is 0 Å². The number of hydrogen-bond donors (Lipinski definition) is 1. The second-order valence-corrected chi connectivity index (χ2v) is 5.62. The van der Waals surface area contributed by atoms with E-state index in [0.717, 1.165) is 23.8 Å². The van der Waals surface area contributed by atoms with Crippen LogP contribution in [-0.4, -0.2) is 12.6 Å². The fraction of sp³-hybridized carbons (Fsp3) is 0.588. The van der Waals surface area contributed by atoms with Gasteiger partial charge in [-0.1, -0.05) is 37.5 Å². The highest BCUT2D eigenvalue weighted by atomic mass is 16.5. The molecule has 1 atom stereocenters. The molecule has 108 valence electrons. The second-order valence-electron chi connectivity index (χ2n) is 5.62. The predicted molar refractivity (Wildman–Crippen MR) is 80.4 cm³/mol. The Balaban J connectivity index is 1.88. The summed E-state index contributed by atoms with van der Waals surface area (Å²) in [5.41, 5.74) is 1.13. The van der Waals surface area contributed by atoms with E-state index in [0.29, 0.717) is 6.04 Å². The van der Waals surface area contributed by atoms with Crippen molar-refractivity contribution in [1.82, 2.24) is 5.32 Å². The summed E-state index contributed by atoms with van der Waals surface area (Å²) in [7, 11) is 0. The van der Waals surface area contributed by atoms with Gasteiger partial charge in [0.05, 0.1) is 0 Å². The molecule has 0 amide bonds. The number of hydrogen-bond acceptors (Lipinski definition) is 3. The number of nitrogens with zero attached hydrogens (tertiary/aromatic N) is 1. The van der Waals surface area contributed by atoms with Gasteiger partial charge in [0.15, 0.2) is 6.61 Å². The fourth-order valence-electron chi connectivity index (χ4n) is 2.97. The van der Waals surface area contributed by atoms with E-state index in [1.807, 2.05) is 24.3 Å². The summed E-state index contributed by atoms with van der Waals surface area (Å²) < 4.78 is 5.46. The summed E-state index contributed by atoms with van der Waals surface area (Å²) in [6.45, 7) is 3.20. The van der Waals surface area contributed by atoms with E-state index < -0.39 is 0 Å². The standard InChI is InChI=1S/C17H24N2O/c1-14(15-7-3-2-4-8-15)19-13-16-9-5-6-10-17(16)20-12-11-18/h5-6,9-10,14-15,19H,2-4,7-8,12-13H2,1H3. The van der Waals surface area contributed by atoms with Crippen molar-refractivity contribution in [3.8, 4) is 11.8 Å². The summed E-state index contributed by atoms with van der Waals surface area (Å²) in [6.07, 6.45) is 6.84. The normalized spacial score (nSPS) is 17.4. The van der Waals surface area contributed by atoms with Crippen molar-refractivity contribution in [2.24, 2.45) is 5.92 Å². The Kier molecular flexibility index (Phi) is 5.88. The molecule has 0 saturated heterocycles. The number of benzene rings is 1. The summed E-state index contributed by atoms with van der Waals surface area (Å²) in [6, 6.07) is 10.5. The molecular formula is C17H24N2O. The van der Waals surface area contributed by atoms with Crippen molar-refractivity contribution in [2.45, 2.75) is 51.6 Å². The Labute approximate surface area is 121 Å². The molecule has 1 aromatic rings. The third-order valence-corrected chi connectivity index (χ3v) is 4.24. The zero-order chi connectivity index (χ0) is 14.2. The fourth-order valence-corrected chi connectivity index (χ4v) is 2.97. The lowest BCUT2D eigenvalue weighted by Crippen LogP contribution is -2.34. The maximum atomic E-state index is 8.62. The molecule has 1 saturated carbocycles. The number of rotatable bonds is 6. The summed E-state index contributed by atoms with van der Waals surface area (Å²) >= 11 is 0. The molecule has 1 N–H and O–H groups in total. The third kappa shape index (κ3) is 4.25. The molecule has 1 aromatic carbocycles. The molecule has 0 aliphatic heterocycles. The van der Waals surface area contributed by atoms with Crippen LogP contribution in [0.2, 0.25) is 0 Å². The SMILES string of the molecule is CC(NCc1ccccc1OCC#N)C1CCCCC1. The van der Waals surface area contributed by atoms with Crippen molar-refractivity contribution in [3.63, 3.8) is 0 Å². The summed E-state index contributed by atoms with van der Waals surface area (Å²) in [5, 5.41) is 12.2. The van der Waals surface area contributed by atoms with Crippen molar-refractivity contribution < 1.29 is 4.74 Å². The van der Waals surface area contributed by atoms with Gasteiger partial charge in [-0.05, 0) is 31.7 Å². The van der Waals surface area contributed by atoms with Crippen molar-refractivity contribution in [3.05, 3.63) is 29.8 Å². The number of nitrogens with one attached hydrogen (secondary N) is 1. The van der Waals surface area contributed by atoms with Crippen LogP contribution in [0.1, 0.15) is 44.6 Å². The van der Waals surface area contributed by atoms with Gasteiger partial charge in [0, 0.05) is 18.2 Å². The van der Waals surface area contributed by atoms with Crippen molar-refractivity contribution in [1.29, 1.82) is 5.26 Å². The highest BCUT2D eigenvalue weighted by Gasteiger charge is 2.19. The number of nitriles is 1. The molecule has 1 fully saturated rings. The highest BCUT2D eigenvalue weighted by Crippen LogP contribution is 2.27.